The Labute approximate surface area is 196 Å². The molecule has 1 aliphatic carbocycles. The van der Waals surface area contributed by atoms with Crippen molar-refractivity contribution in [2.24, 2.45) is 0 Å². The first kappa shape index (κ1) is 24.4. The molecule has 0 atom stereocenters. The number of aromatic nitrogens is 2. The third kappa shape index (κ3) is 5.50. The molecule has 1 saturated carbocycles. The number of halogens is 3. The van der Waals surface area contributed by atoms with Gasteiger partial charge in [-0.3, -0.25) is 4.79 Å². The quantitative estimate of drug-likeness (QED) is 0.613. The zero-order valence-electron chi connectivity index (χ0n) is 19.7. The minimum atomic E-state index is -4.45. The van der Waals surface area contributed by atoms with E-state index in [-0.39, 0.29) is 17.9 Å². The van der Waals surface area contributed by atoms with E-state index in [0.717, 1.165) is 25.0 Å². The number of nitrogens with one attached hydrogen (secondary N) is 2. The highest BCUT2D eigenvalue weighted by Crippen LogP contribution is 2.37. The molecule has 10 heteroatoms. The number of nitrogens with zero attached hydrogens (tertiary/aromatic N) is 2. The van der Waals surface area contributed by atoms with Crippen LogP contribution < -0.4 is 10.6 Å². The van der Waals surface area contributed by atoms with Gasteiger partial charge in [0, 0.05) is 5.54 Å². The smallest absolute Gasteiger partial charge is 0.361 e. The van der Waals surface area contributed by atoms with Crippen molar-refractivity contribution in [3.05, 3.63) is 52.5 Å². The predicted molar refractivity (Wildman–Crippen MR) is 119 cm³/mol. The molecule has 1 amide bonds. The van der Waals surface area contributed by atoms with Crippen LogP contribution in [0.25, 0.3) is 0 Å². The first-order valence-electron chi connectivity index (χ1n) is 11.2. The molecule has 1 saturated heterocycles. The molecule has 7 nitrogen and oxygen atoms in total. The van der Waals surface area contributed by atoms with Crippen molar-refractivity contribution >= 4 is 11.7 Å². The lowest BCUT2D eigenvalue weighted by Gasteiger charge is -2.30. The Hall–Kier alpha value is -2.72. The predicted octanol–water partition coefficient (Wildman–Crippen LogP) is 4.41. The SMILES string of the molecule is Cc1nc(CC(=O)NC2(C)CC2)c(C2OCCO2)c(NC(C)(C)c2cccc(C(F)(F)F)c2)n1. The largest absolute Gasteiger partial charge is 0.416 e. The van der Waals surface area contributed by atoms with Crippen LogP contribution in [0.3, 0.4) is 0 Å². The number of hydrogen-bond donors (Lipinski definition) is 2. The molecule has 34 heavy (non-hydrogen) atoms. The highest BCUT2D eigenvalue weighted by molar-refractivity contribution is 5.80. The second-order valence-corrected chi connectivity index (χ2v) is 9.67. The molecule has 0 radical (unpaired) electrons. The van der Waals surface area contributed by atoms with E-state index in [0.29, 0.717) is 41.7 Å². The second kappa shape index (κ2) is 8.81. The van der Waals surface area contributed by atoms with Gasteiger partial charge in [-0.2, -0.15) is 13.2 Å². The Bertz CT molecular complexity index is 1080. The first-order chi connectivity index (χ1) is 15.9. The Kier molecular flexibility index (Phi) is 6.32. The normalized spacial score (nSPS) is 18.1. The van der Waals surface area contributed by atoms with Gasteiger partial charge in [0.15, 0.2) is 6.29 Å². The Morgan fingerprint density at radius 1 is 1.15 bits per heavy atom. The number of hydrogen-bond acceptors (Lipinski definition) is 6. The van der Waals surface area contributed by atoms with Crippen LogP contribution in [0.4, 0.5) is 19.0 Å². The molecule has 2 aliphatic rings. The standard InChI is InChI=1S/C24H29F3N4O3/c1-14-28-17(13-18(32)30-23(4)8-9-23)19(21-33-10-11-34-21)20(29-14)31-22(2,3)15-6-5-7-16(12-15)24(25,26)27/h5-7,12,21H,8-11,13H2,1-4H3,(H,30,32)(H,28,29,31). The summed E-state index contributed by atoms with van der Waals surface area (Å²) in [7, 11) is 0. The van der Waals surface area contributed by atoms with E-state index < -0.39 is 23.6 Å². The molecule has 0 spiro atoms. The maximum Gasteiger partial charge on any atom is 0.416 e. The number of carbonyl (C=O) groups excluding carboxylic acids is 1. The molecule has 1 aromatic carbocycles. The summed E-state index contributed by atoms with van der Waals surface area (Å²) in [6.07, 6.45) is -3.36. The van der Waals surface area contributed by atoms with Crippen molar-refractivity contribution in [2.75, 3.05) is 18.5 Å². The molecule has 2 fully saturated rings. The summed E-state index contributed by atoms with van der Waals surface area (Å²) in [6, 6.07) is 5.17. The topological polar surface area (TPSA) is 85.4 Å². The lowest BCUT2D eigenvalue weighted by atomic mass is 9.92. The summed E-state index contributed by atoms with van der Waals surface area (Å²) >= 11 is 0. The number of carbonyl (C=O) groups is 1. The van der Waals surface area contributed by atoms with Gasteiger partial charge >= 0.3 is 6.18 Å². The molecule has 0 bridgehead atoms. The molecular weight excluding hydrogens is 449 g/mol. The minimum Gasteiger partial charge on any atom is -0.361 e. The van der Waals surface area contributed by atoms with Crippen LogP contribution >= 0.6 is 0 Å². The van der Waals surface area contributed by atoms with E-state index in [1.807, 2.05) is 6.92 Å². The number of alkyl halides is 3. The average Bonchev–Trinajstić information content (AvgIpc) is 3.21. The second-order valence-electron chi connectivity index (χ2n) is 9.67. The van der Waals surface area contributed by atoms with Gasteiger partial charge in [0.05, 0.1) is 42.0 Å². The van der Waals surface area contributed by atoms with Gasteiger partial charge in [-0.1, -0.05) is 12.1 Å². The number of aryl methyl sites for hydroxylation is 1. The van der Waals surface area contributed by atoms with E-state index in [2.05, 4.69) is 20.6 Å². The molecule has 4 rings (SSSR count). The van der Waals surface area contributed by atoms with Crippen molar-refractivity contribution in [1.29, 1.82) is 0 Å². The zero-order valence-corrected chi connectivity index (χ0v) is 19.7. The van der Waals surface area contributed by atoms with Gasteiger partial charge in [-0.25, -0.2) is 9.97 Å². The molecule has 1 aliphatic heterocycles. The maximum absolute atomic E-state index is 13.3. The lowest BCUT2D eigenvalue weighted by molar-refractivity contribution is -0.137. The number of amides is 1. The molecule has 2 N–H and O–H groups in total. The molecule has 2 heterocycles. The van der Waals surface area contributed by atoms with Crippen molar-refractivity contribution in [3.8, 4) is 0 Å². The summed E-state index contributed by atoms with van der Waals surface area (Å²) in [5, 5.41) is 6.29. The van der Waals surface area contributed by atoms with Crippen LogP contribution in [0, 0.1) is 6.92 Å². The first-order valence-corrected chi connectivity index (χ1v) is 11.2. The Balaban J connectivity index is 1.69. The van der Waals surface area contributed by atoms with Crippen molar-refractivity contribution in [1.82, 2.24) is 15.3 Å². The van der Waals surface area contributed by atoms with Crippen molar-refractivity contribution in [3.63, 3.8) is 0 Å². The summed E-state index contributed by atoms with van der Waals surface area (Å²) in [5.41, 5.74) is -0.461. The maximum atomic E-state index is 13.3. The lowest BCUT2D eigenvalue weighted by Crippen LogP contribution is -2.36. The Morgan fingerprint density at radius 3 is 2.41 bits per heavy atom. The molecule has 184 valence electrons. The van der Waals surface area contributed by atoms with E-state index in [4.69, 9.17) is 9.47 Å². The van der Waals surface area contributed by atoms with Gasteiger partial charge in [0.25, 0.3) is 0 Å². The van der Waals surface area contributed by atoms with E-state index in [1.54, 1.807) is 26.8 Å². The molecule has 2 aromatic rings. The van der Waals surface area contributed by atoms with Crippen LogP contribution in [0.5, 0.6) is 0 Å². The molecule has 1 aromatic heterocycles. The van der Waals surface area contributed by atoms with Gasteiger partial charge in [-0.15, -0.1) is 0 Å². The van der Waals surface area contributed by atoms with Gasteiger partial charge in [0.2, 0.25) is 5.91 Å². The Morgan fingerprint density at radius 2 is 1.79 bits per heavy atom. The third-order valence-electron chi connectivity index (χ3n) is 6.11. The van der Waals surface area contributed by atoms with Gasteiger partial charge in [0.1, 0.15) is 11.6 Å². The fraction of sp³-hybridized carbons (Fsp3) is 0.542. The van der Waals surface area contributed by atoms with Crippen LogP contribution in [0.15, 0.2) is 24.3 Å². The summed E-state index contributed by atoms with van der Waals surface area (Å²) in [5.74, 6) is 0.618. The highest BCUT2D eigenvalue weighted by atomic mass is 19.4. The number of ether oxygens (including phenoxy) is 2. The molecule has 0 unspecified atom stereocenters. The monoisotopic (exact) mass is 478 g/mol. The molecular formula is C24H29F3N4O3. The zero-order chi connectivity index (χ0) is 24.7. The van der Waals surface area contributed by atoms with E-state index in [9.17, 15) is 18.0 Å². The van der Waals surface area contributed by atoms with Gasteiger partial charge in [-0.05, 0) is 58.2 Å². The van der Waals surface area contributed by atoms with Crippen LogP contribution in [0.1, 0.15) is 68.1 Å². The van der Waals surface area contributed by atoms with Gasteiger partial charge < -0.3 is 20.1 Å². The average molecular weight is 479 g/mol. The number of anilines is 1. The van der Waals surface area contributed by atoms with Crippen molar-refractivity contribution < 1.29 is 27.4 Å². The summed E-state index contributed by atoms with van der Waals surface area (Å²) < 4.78 is 51.3. The number of benzene rings is 1. The fourth-order valence-electron chi connectivity index (χ4n) is 3.94. The van der Waals surface area contributed by atoms with Crippen LogP contribution in [-0.2, 0) is 32.4 Å². The van der Waals surface area contributed by atoms with E-state index in [1.165, 1.54) is 6.07 Å². The van der Waals surface area contributed by atoms with Crippen molar-refractivity contribution in [2.45, 2.75) is 70.5 Å². The highest BCUT2D eigenvalue weighted by Gasteiger charge is 2.39. The fourth-order valence-corrected chi connectivity index (χ4v) is 3.94. The van der Waals surface area contributed by atoms with Crippen LogP contribution in [0.2, 0.25) is 0 Å². The van der Waals surface area contributed by atoms with Crippen LogP contribution in [-0.4, -0.2) is 34.6 Å². The third-order valence-corrected chi connectivity index (χ3v) is 6.11. The summed E-state index contributed by atoms with van der Waals surface area (Å²) in [4.78, 5) is 21.7. The minimum absolute atomic E-state index is 0.0101. The number of rotatable bonds is 7. The summed E-state index contributed by atoms with van der Waals surface area (Å²) in [6.45, 7) is 7.97. The van der Waals surface area contributed by atoms with E-state index >= 15 is 0 Å².